The number of hydrogen-bond acceptors (Lipinski definition) is 3. The molecule has 1 aromatic rings. The van der Waals surface area contributed by atoms with Crippen molar-refractivity contribution in [1.82, 2.24) is 0 Å². The van der Waals surface area contributed by atoms with Gasteiger partial charge in [0.1, 0.15) is 17.1 Å². The van der Waals surface area contributed by atoms with Crippen LogP contribution in [-0.2, 0) is 0 Å². The van der Waals surface area contributed by atoms with Crippen molar-refractivity contribution in [2.24, 2.45) is 5.92 Å². The van der Waals surface area contributed by atoms with Gasteiger partial charge in [0.05, 0.1) is 5.60 Å². The van der Waals surface area contributed by atoms with Crippen LogP contribution in [0.1, 0.15) is 57.1 Å². The van der Waals surface area contributed by atoms with E-state index in [9.17, 15) is 10.2 Å². The lowest BCUT2D eigenvalue weighted by molar-refractivity contribution is -0.0663. The first kappa shape index (κ1) is 13.7. The van der Waals surface area contributed by atoms with E-state index in [-0.39, 0.29) is 17.4 Å². The molecule has 2 aliphatic rings. The van der Waals surface area contributed by atoms with Crippen LogP contribution in [0.2, 0.25) is 0 Å². The van der Waals surface area contributed by atoms with Crippen molar-refractivity contribution in [3.8, 4) is 11.5 Å². The molecule has 1 fully saturated rings. The molecule has 0 saturated heterocycles. The van der Waals surface area contributed by atoms with Crippen LogP contribution in [0.5, 0.6) is 11.5 Å². The highest BCUT2D eigenvalue weighted by Gasteiger charge is 2.49. The lowest BCUT2D eigenvalue weighted by Crippen LogP contribution is -2.49. The van der Waals surface area contributed by atoms with Crippen molar-refractivity contribution in [2.75, 3.05) is 0 Å². The molecule has 1 heterocycles. The highest BCUT2D eigenvalue weighted by molar-refractivity contribution is 5.51. The van der Waals surface area contributed by atoms with Gasteiger partial charge in [0.15, 0.2) is 0 Å². The molecule has 3 heteroatoms. The van der Waals surface area contributed by atoms with Gasteiger partial charge in [0.25, 0.3) is 0 Å². The average molecular weight is 276 g/mol. The van der Waals surface area contributed by atoms with Gasteiger partial charge in [-0.15, -0.1) is 0 Å². The summed E-state index contributed by atoms with van der Waals surface area (Å²) in [5.74, 6) is 1.43. The quantitative estimate of drug-likeness (QED) is 0.825. The van der Waals surface area contributed by atoms with Crippen molar-refractivity contribution in [3.63, 3.8) is 0 Å². The number of ether oxygens (including phenoxy) is 1. The Morgan fingerprint density at radius 1 is 1.35 bits per heavy atom. The smallest absolute Gasteiger partial charge is 0.127 e. The third-order valence-corrected chi connectivity index (χ3v) is 5.02. The fourth-order valence-electron chi connectivity index (χ4n) is 4.08. The number of aromatic hydroxyl groups is 1. The fourth-order valence-corrected chi connectivity index (χ4v) is 4.08. The van der Waals surface area contributed by atoms with E-state index >= 15 is 0 Å². The summed E-state index contributed by atoms with van der Waals surface area (Å²) in [6.45, 7) is 7.86. The van der Waals surface area contributed by atoms with Gasteiger partial charge in [-0.1, -0.05) is 0 Å². The van der Waals surface area contributed by atoms with Crippen LogP contribution in [-0.4, -0.2) is 21.4 Å². The Bertz CT molecular complexity index is 544. The Hall–Kier alpha value is -1.22. The first-order valence-corrected chi connectivity index (χ1v) is 7.44. The molecule has 3 nitrogen and oxygen atoms in total. The second-order valence-electron chi connectivity index (χ2n) is 7.36. The Morgan fingerprint density at radius 3 is 2.70 bits per heavy atom. The van der Waals surface area contributed by atoms with E-state index in [1.807, 2.05) is 26.8 Å². The Labute approximate surface area is 120 Å². The number of rotatable bonds is 1. The Balaban J connectivity index is 2.14. The second-order valence-corrected chi connectivity index (χ2v) is 7.36. The maximum Gasteiger partial charge on any atom is 0.127 e. The lowest BCUT2D eigenvalue weighted by atomic mass is 9.63. The first-order valence-electron chi connectivity index (χ1n) is 7.44. The monoisotopic (exact) mass is 276 g/mol. The summed E-state index contributed by atoms with van der Waals surface area (Å²) in [6.07, 6.45) is 2.75. The molecule has 2 bridgehead atoms. The van der Waals surface area contributed by atoms with Crippen LogP contribution in [0.15, 0.2) is 12.1 Å². The third-order valence-electron chi connectivity index (χ3n) is 5.02. The SMILES string of the molecule is Cc1cc(O)c2c(c1)O[C@@]1(C)CC[C@H](C(C)(C)O)[C@@H]2C1. The molecule has 0 amide bonds. The summed E-state index contributed by atoms with van der Waals surface area (Å²) >= 11 is 0. The standard InChI is InChI=1S/C17H24O3/c1-10-7-13(18)15-11-9-17(4,20-14(15)8-10)6-5-12(11)16(2,3)19/h7-8,11-12,18-19H,5-6,9H2,1-4H3/t11-,12-,17-/m0/s1. The molecular weight excluding hydrogens is 252 g/mol. The van der Waals surface area contributed by atoms with E-state index in [0.29, 0.717) is 5.75 Å². The van der Waals surface area contributed by atoms with Gasteiger partial charge >= 0.3 is 0 Å². The maximum absolute atomic E-state index is 10.5. The minimum atomic E-state index is -0.738. The maximum atomic E-state index is 10.5. The Morgan fingerprint density at radius 2 is 2.05 bits per heavy atom. The number of phenols is 1. The number of fused-ring (bicyclic) bond motifs is 4. The molecule has 20 heavy (non-hydrogen) atoms. The van der Waals surface area contributed by atoms with Crippen molar-refractivity contribution in [2.45, 2.75) is 64.1 Å². The van der Waals surface area contributed by atoms with Crippen molar-refractivity contribution >= 4 is 0 Å². The minimum Gasteiger partial charge on any atom is -0.508 e. The fraction of sp³-hybridized carbons (Fsp3) is 0.647. The zero-order valence-corrected chi connectivity index (χ0v) is 12.7. The average Bonchev–Trinajstić information content (AvgIpc) is 2.24. The molecule has 1 aromatic carbocycles. The van der Waals surface area contributed by atoms with Crippen molar-refractivity contribution in [3.05, 3.63) is 23.3 Å². The summed E-state index contributed by atoms with van der Waals surface area (Å²) < 4.78 is 6.17. The molecule has 0 radical (unpaired) electrons. The van der Waals surface area contributed by atoms with E-state index in [4.69, 9.17) is 4.74 Å². The van der Waals surface area contributed by atoms with E-state index in [2.05, 4.69) is 6.92 Å². The molecule has 0 unspecified atom stereocenters. The lowest BCUT2D eigenvalue weighted by Gasteiger charge is -2.50. The number of hydrogen-bond donors (Lipinski definition) is 2. The molecule has 1 saturated carbocycles. The van der Waals surface area contributed by atoms with Crippen LogP contribution in [0, 0.1) is 12.8 Å². The van der Waals surface area contributed by atoms with Gasteiger partial charge in [-0.05, 0) is 70.6 Å². The van der Waals surface area contributed by atoms with Gasteiger partial charge in [-0.25, -0.2) is 0 Å². The summed E-state index contributed by atoms with van der Waals surface area (Å²) in [5.41, 5.74) is 0.988. The predicted molar refractivity (Wildman–Crippen MR) is 78.3 cm³/mol. The van der Waals surface area contributed by atoms with Gasteiger partial charge < -0.3 is 14.9 Å². The molecule has 110 valence electrons. The number of aliphatic hydroxyl groups is 1. The molecular formula is C17H24O3. The summed E-state index contributed by atoms with van der Waals surface area (Å²) in [7, 11) is 0. The van der Waals surface area contributed by atoms with Gasteiger partial charge in [0.2, 0.25) is 0 Å². The van der Waals surface area contributed by atoms with Gasteiger partial charge in [0, 0.05) is 11.5 Å². The topological polar surface area (TPSA) is 49.7 Å². The van der Waals surface area contributed by atoms with Crippen LogP contribution >= 0.6 is 0 Å². The number of aryl methyl sites for hydroxylation is 1. The van der Waals surface area contributed by atoms with Gasteiger partial charge in [-0.3, -0.25) is 0 Å². The second kappa shape index (κ2) is 4.14. The molecule has 3 atom stereocenters. The van der Waals surface area contributed by atoms with Crippen molar-refractivity contribution in [1.29, 1.82) is 0 Å². The number of benzene rings is 1. The molecule has 1 aliphatic carbocycles. The van der Waals surface area contributed by atoms with Crippen LogP contribution in [0.4, 0.5) is 0 Å². The molecule has 0 spiro atoms. The highest BCUT2D eigenvalue weighted by atomic mass is 16.5. The van der Waals surface area contributed by atoms with Crippen LogP contribution in [0.3, 0.4) is 0 Å². The summed E-state index contributed by atoms with van der Waals surface area (Å²) in [4.78, 5) is 0. The van der Waals surface area contributed by atoms with Crippen LogP contribution in [0.25, 0.3) is 0 Å². The van der Waals surface area contributed by atoms with E-state index in [1.54, 1.807) is 6.07 Å². The predicted octanol–water partition coefficient (Wildman–Crippen LogP) is 3.51. The Kier molecular flexibility index (Phi) is 2.85. The van der Waals surface area contributed by atoms with Gasteiger partial charge in [-0.2, -0.15) is 0 Å². The van der Waals surface area contributed by atoms with E-state index in [1.165, 1.54) is 0 Å². The van der Waals surface area contributed by atoms with Crippen LogP contribution < -0.4 is 4.74 Å². The molecule has 2 N–H and O–H groups in total. The van der Waals surface area contributed by atoms with E-state index in [0.717, 1.165) is 36.1 Å². The zero-order valence-electron chi connectivity index (χ0n) is 12.7. The van der Waals surface area contributed by atoms with E-state index < -0.39 is 5.60 Å². The van der Waals surface area contributed by atoms with Crippen molar-refractivity contribution < 1.29 is 14.9 Å². The molecule has 3 rings (SSSR count). The molecule has 0 aromatic heterocycles. The minimum absolute atomic E-state index is 0.159. The molecule has 1 aliphatic heterocycles. The summed E-state index contributed by atoms with van der Waals surface area (Å²) in [6, 6.07) is 3.80. The number of phenolic OH excluding ortho intramolecular Hbond substituents is 1. The largest absolute Gasteiger partial charge is 0.508 e. The first-order chi connectivity index (χ1) is 9.20. The third kappa shape index (κ3) is 2.08. The summed E-state index contributed by atoms with van der Waals surface area (Å²) in [5, 5.41) is 20.8. The highest BCUT2D eigenvalue weighted by Crippen LogP contribution is 2.56. The normalized spacial score (nSPS) is 32.5. The zero-order chi connectivity index (χ0) is 14.7.